The first-order chi connectivity index (χ1) is 9.48. The predicted octanol–water partition coefficient (Wildman–Crippen LogP) is 5.55. The van der Waals surface area contributed by atoms with Gasteiger partial charge >= 0.3 is 0 Å². The van der Waals surface area contributed by atoms with Crippen molar-refractivity contribution in [3.8, 4) is 0 Å². The Bertz CT molecular complexity index is 323. The molecule has 2 N–H and O–H groups in total. The molecule has 0 radical (unpaired) electrons. The third-order valence-electron chi connectivity index (χ3n) is 5.85. The average Bonchev–Trinajstić information content (AvgIpc) is 3.30. The lowest BCUT2D eigenvalue weighted by Crippen LogP contribution is -2.25. The van der Waals surface area contributed by atoms with Crippen molar-refractivity contribution in [2.45, 2.75) is 79.6 Å². The molecule has 1 heteroatoms. The molecule has 2 aliphatic rings. The summed E-state index contributed by atoms with van der Waals surface area (Å²) in [5, 5.41) is 0. The molecule has 1 nitrogen and oxygen atoms in total. The van der Waals surface area contributed by atoms with Crippen LogP contribution in [0.5, 0.6) is 0 Å². The molecule has 2 saturated carbocycles. The summed E-state index contributed by atoms with van der Waals surface area (Å²) in [5.41, 5.74) is 7.43. The van der Waals surface area contributed by atoms with Crippen LogP contribution in [-0.2, 0) is 0 Å². The monoisotopic (exact) mass is 279 g/mol. The Morgan fingerprint density at radius 1 is 1.25 bits per heavy atom. The minimum absolute atomic E-state index is 0.673. The van der Waals surface area contributed by atoms with Gasteiger partial charge in [-0.1, -0.05) is 45.3 Å². The smallest absolute Gasteiger partial charge is 0.0195 e. The number of hydrogen-bond acceptors (Lipinski definition) is 1. The third-order valence-corrected chi connectivity index (χ3v) is 5.85. The Hall–Kier alpha value is -0.300. The molecule has 0 aromatic rings. The fourth-order valence-corrected chi connectivity index (χ4v) is 4.66. The van der Waals surface area contributed by atoms with Crippen molar-refractivity contribution in [2.24, 2.45) is 28.4 Å². The van der Waals surface area contributed by atoms with Crippen molar-refractivity contribution < 1.29 is 0 Å². The molecule has 20 heavy (non-hydrogen) atoms. The molecule has 118 valence electrons. The zero-order chi connectivity index (χ0) is 15.4. The largest absolute Gasteiger partial charge is 0.333 e. The standard InChI is InChI=1S/C18H32.CH5N/c1-6-10-18(11-12-18)16(7-2)17(5)13-15(17)9-8-14(3)4;1-2/h8,15-16H,6-7,9-13H2,1-5H3;2H2,1H3. The minimum Gasteiger partial charge on any atom is -0.333 e. The first kappa shape index (κ1) is 17.8. The van der Waals surface area contributed by atoms with Crippen molar-refractivity contribution in [1.29, 1.82) is 0 Å². The molecule has 0 aromatic carbocycles. The van der Waals surface area contributed by atoms with Gasteiger partial charge in [0.25, 0.3) is 0 Å². The molecular formula is C19H37N. The summed E-state index contributed by atoms with van der Waals surface area (Å²) in [6, 6.07) is 0. The van der Waals surface area contributed by atoms with Gasteiger partial charge in [-0.3, -0.25) is 0 Å². The summed E-state index contributed by atoms with van der Waals surface area (Å²) >= 11 is 0. The van der Waals surface area contributed by atoms with Gasteiger partial charge in [-0.2, -0.15) is 0 Å². The van der Waals surface area contributed by atoms with E-state index in [1.807, 2.05) is 0 Å². The van der Waals surface area contributed by atoms with Gasteiger partial charge in [-0.05, 0) is 75.7 Å². The van der Waals surface area contributed by atoms with E-state index in [-0.39, 0.29) is 0 Å². The summed E-state index contributed by atoms with van der Waals surface area (Å²) in [7, 11) is 1.50. The van der Waals surface area contributed by atoms with Crippen molar-refractivity contribution in [3.63, 3.8) is 0 Å². The van der Waals surface area contributed by atoms with Gasteiger partial charge in [0, 0.05) is 0 Å². The summed E-state index contributed by atoms with van der Waals surface area (Å²) in [6.07, 6.45) is 12.6. The van der Waals surface area contributed by atoms with Crippen LogP contribution < -0.4 is 5.73 Å². The highest BCUT2D eigenvalue weighted by atomic mass is 14.7. The van der Waals surface area contributed by atoms with Crippen LogP contribution >= 0.6 is 0 Å². The Morgan fingerprint density at radius 2 is 1.85 bits per heavy atom. The molecule has 0 spiro atoms. The molecule has 2 aliphatic carbocycles. The average molecular weight is 280 g/mol. The van der Waals surface area contributed by atoms with Crippen molar-refractivity contribution in [2.75, 3.05) is 7.05 Å². The summed E-state index contributed by atoms with van der Waals surface area (Å²) in [4.78, 5) is 0. The van der Waals surface area contributed by atoms with E-state index in [1.54, 1.807) is 0 Å². The van der Waals surface area contributed by atoms with Crippen LogP contribution in [0.2, 0.25) is 0 Å². The lowest BCUT2D eigenvalue weighted by atomic mass is 9.72. The maximum Gasteiger partial charge on any atom is -0.0195 e. The number of hydrogen-bond donors (Lipinski definition) is 1. The molecule has 0 aliphatic heterocycles. The van der Waals surface area contributed by atoms with Crippen LogP contribution in [0.4, 0.5) is 0 Å². The first-order valence-corrected chi connectivity index (χ1v) is 8.69. The number of rotatable bonds is 7. The Balaban J connectivity index is 0.000000956. The summed E-state index contributed by atoms with van der Waals surface area (Å²) in [5.74, 6) is 1.98. The molecule has 0 aromatic heterocycles. The zero-order valence-corrected chi connectivity index (χ0v) is 14.8. The molecule has 3 atom stereocenters. The normalized spacial score (nSPS) is 30.9. The third kappa shape index (κ3) is 3.67. The van der Waals surface area contributed by atoms with Gasteiger partial charge in [0.05, 0.1) is 0 Å². The Labute approximate surface area is 127 Å². The van der Waals surface area contributed by atoms with Gasteiger partial charge < -0.3 is 5.73 Å². The quantitative estimate of drug-likeness (QED) is 0.607. The van der Waals surface area contributed by atoms with Crippen LogP contribution in [0.3, 0.4) is 0 Å². The number of allylic oxidation sites excluding steroid dienone is 2. The second-order valence-electron chi connectivity index (χ2n) is 7.50. The maximum atomic E-state index is 4.50. The van der Waals surface area contributed by atoms with Crippen molar-refractivity contribution in [3.05, 3.63) is 11.6 Å². The molecular weight excluding hydrogens is 242 g/mol. The van der Waals surface area contributed by atoms with E-state index < -0.39 is 0 Å². The maximum absolute atomic E-state index is 4.50. The van der Waals surface area contributed by atoms with E-state index in [0.29, 0.717) is 5.41 Å². The molecule has 2 rings (SSSR count). The van der Waals surface area contributed by atoms with Crippen molar-refractivity contribution >= 4 is 0 Å². The SMILES string of the molecule is CCCC1(C(CC)C2(C)CC2CC=C(C)C)CC1.CN. The molecule has 0 heterocycles. The minimum atomic E-state index is 0.673. The van der Waals surface area contributed by atoms with Gasteiger partial charge in [0.15, 0.2) is 0 Å². The highest BCUT2D eigenvalue weighted by Gasteiger charge is 2.62. The fourth-order valence-electron chi connectivity index (χ4n) is 4.66. The Morgan fingerprint density at radius 3 is 2.25 bits per heavy atom. The molecule has 0 saturated heterocycles. The van der Waals surface area contributed by atoms with Gasteiger partial charge in [-0.15, -0.1) is 0 Å². The van der Waals surface area contributed by atoms with E-state index in [0.717, 1.165) is 17.3 Å². The molecule has 3 unspecified atom stereocenters. The van der Waals surface area contributed by atoms with E-state index in [1.165, 1.54) is 57.6 Å². The molecule has 0 bridgehead atoms. The number of nitrogens with two attached hydrogens (primary N) is 1. The summed E-state index contributed by atoms with van der Waals surface area (Å²) < 4.78 is 0. The molecule has 0 amide bonds. The fraction of sp³-hybridized carbons (Fsp3) is 0.895. The lowest BCUT2D eigenvalue weighted by molar-refractivity contribution is 0.165. The highest BCUT2D eigenvalue weighted by Crippen LogP contribution is 2.71. The summed E-state index contributed by atoms with van der Waals surface area (Å²) in [6.45, 7) is 11.8. The van der Waals surface area contributed by atoms with Crippen LogP contribution in [0.1, 0.15) is 79.6 Å². The van der Waals surface area contributed by atoms with Gasteiger partial charge in [-0.25, -0.2) is 0 Å². The van der Waals surface area contributed by atoms with Crippen molar-refractivity contribution in [1.82, 2.24) is 0 Å². The zero-order valence-electron chi connectivity index (χ0n) is 14.8. The first-order valence-electron chi connectivity index (χ1n) is 8.69. The van der Waals surface area contributed by atoms with Crippen LogP contribution in [0, 0.1) is 22.7 Å². The highest BCUT2D eigenvalue weighted by molar-refractivity contribution is 5.13. The molecule has 2 fully saturated rings. The van der Waals surface area contributed by atoms with Crippen LogP contribution in [-0.4, -0.2) is 7.05 Å². The predicted molar refractivity (Wildman–Crippen MR) is 90.7 cm³/mol. The Kier molecular flexibility index (Phi) is 6.31. The van der Waals surface area contributed by atoms with E-state index >= 15 is 0 Å². The topological polar surface area (TPSA) is 26.0 Å². The van der Waals surface area contributed by atoms with E-state index in [2.05, 4.69) is 46.4 Å². The van der Waals surface area contributed by atoms with E-state index in [4.69, 9.17) is 0 Å². The second-order valence-corrected chi connectivity index (χ2v) is 7.50. The van der Waals surface area contributed by atoms with Crippen LogP contribution in [0.15, 0.2) is 11.6 Å². The van der Waals surface area contributed by atoms with Gasteiger partial charge in [0.1, 0.15) is 0 Å². The lowest BCUT2D eigenvalue weighted by Gasteiger charge is -2.32. The van der Waals surface area contributed by atoms with Crippen LogP contribution in [0.25, 0.3) is 0 Å². The second kappa shape index (κ2) is 7.11. The van der Waals surface area contributed by atoms with Gasteiger partial charge in [0.2, 0.25) is 0 Å². The van der Waals surface area contributed by atoms with E-state index in [9.17, 15) is 0 Å².